The van der Waals surface area contributed by atoms with Crippen LogP contribution in [0.3, 0.4) is 0 Å². The second kappa shape index (κ2) is 13.6. The van der Waals surface area contributed by atoms with Crippen molar-refractivity contribution in [2.75, 3.05) is 34.1 Å². The fourth-order valence-corrected chi connectivity index (χ4v) is 6.45. The Balaban J connectivity index is 1.49. The monoisotopic (exact) mass is 627 g/mol. The zero-order chi connectivity index (χ0) is 31.0. The van der Waals surface area contributed by atoms with Crippen LogP contribution in [0.5, 0.6) is 11.5 Å². The van der Waals surface area contributed by atoms with Crippen molar-refractivity contribution in [2.24, 2.45) is 0 Å². The van der Waals surface area contributed by atoms with E-state index in [1.165, 1.54) is 60.7 Å². The van der Waals surface area contributed by atoms with Gasteiger partial charge in [-0.1, -0.05) is 0 Å². The predicted octanol–water partition coefficient (Wildman–Crippen LogP) is 5.26. The molecule has 1 amide bonds. The summed E-state index contributed by atoms with van der Waals surface area (Å²) in [7, 11) is -8.18. The number of benzene rings is 4. The molecule has 4 aromatic carbocycles. The minimum Gasteiger partial charge on any atom is -0.494 e. The van der Waals surface area contributed by atoms with Crippen LogP contribution in [0.25, 0.3) is 0 Å². The average molecular weight is 628 g/mol. The number of ether oxygens (including phenoxy) is 2. The van der Waals surface area contributed by atoms with Gasteiger partial charge in [-0.05, 0) is 111 Å². The van der Waals surface area contributed by atoms with E-state index in [1.54, 1.807) is 31.2 Å². The third-order valence-electron chi connectivity index (χ3n) is 5.99. The second-order valence-corrected chi connectivity index (χ2v) is 12.6. The number of carbonyl (C=O) groups excluding carboxylic acids is 1. The molecule has 0 spiro atoms. The standard InChI is InChI=1S/C30H30FN3O7S2/c1-3-40-26-13-7-24(8-14-26)33-42(36,37)28-17-9-23(10-18-28)32-30(35)21-34(25-11-5-22(31)6-12-25)43(38,39)29-19-15-27(16-20-29)41-4-2/h5-20,33H,3-4,21H2,1-2H3,(H,32,35). The molecule has 0 aliphatic rings. The number of anilines is 3. The smallest absolute Gasteiger partial charge is 0.264 e. The lowest BCUT2D eigenvalue weighted by atomic mass is 10.3. The molecule has 0 bridgehead atoms. The SMILES string of the molecule is CCOc1ccc(NS(=O)(=O)c2ccc(NC(=O)CN(c3ccc(F)cc3)S(=O)(=O)c3ccc(OCC)cc3)cc2)cc1. The van der Waals surface area contributed by atoms with E-state index >= 15 is 0 Å². The van der Waals surface area contributed by atoms with Crippen LogP contribution in [0.4, 0.5) is 21.5 Å². The lowest BCUT2D eigenvalue weighted by Gasteiger charge is -2.24. The molecule has 0 aromatic heterocycles. The van der Waals surface area contributed by atoms with Gasteiger partial charge in [0.2, 0.25) is 5.91 Å². The third-order valence-corrected chi connectivity index (χ3v) is 9.18. The van der Waals surface area contributed by atoms with Crippen LogP contribution in [0.1, 0.15) is 13.8 Å². The van der Waals surface area contributed by atoms with Crippen molar-refractivity contribution in [3.8, 4) is 11.5 Å². The van der Waals surface area contributed by atoms with E-state index in [0.717, 1.165) is 16.4 Å². The van der Waals surface area contributed by atoms with Gasteiger partial charge in [-0.2, -0.15) is 0 Å². The third kappa shape index (κ3) is 8.02. The largest absolute Gasteiger partial charge is 0.494 e. The molecule has 2 N–H and O–H groups in total. The Morgan fingerprint density at radius 1 is 0.698 bits per heavy atom. The molecule has 43 heavy (non-hydrogen) atoms. The maximum Gasteiger partial charge on any atom is 0.264 e. The predicted molar refractivity (Wildman–Crippen MR) is 162 cm³/mol. The van der Waals surface area contributed by atoms with Gasteiger partial charge in [-0.3, -0.25) is 13.8 Å². The van der Waals surface area contributed by atoms with Crippen molar-refractivity contribution < 1.29 is 35.5 Å². The van der Waals surface area contributed by atoms with Crippen LogP contribution in [-0.2, 0) is 24.8 Å². The van der Waals surface area contributed by atoms with E-state index in [-0.39, 0.29) is 21.2 Å². The topological polar surface area (TPSA) is 131 Å². The van der Waals surface area contributed by atoms with E-state index < -0.39 is 38.3 Å². The number of hydrogen-bond donors (Lipinski definition) is 2. The second-order valence-electron chi connectivity index (χ2n) is 9.03. The van der Waals surface area contributed by atoms with Crippen LogP contribution < -0.4 is 23.8 Å². The summed E-state index contributed by atoms with van der Waals surface area (Å²) < 4.78 is 80.5. The maximum absolute atomic E-state index is 13.6. The van der Waals surface area contributed by atoms with Gasteiger partial charge in [-0.25, -0.2) is 21.2 Å². The van der Waals surface area contributed by atoms with Gasteiger partial charge in [0.1, 0.15) is 23.9 Å². The minimum atomic E-state index is -4.25. The highest BCUT2D eigenvalue weighted by Gasteiger charge is 2.27. The Hall–Kier alpha value is -4.62. The normalized spacial score (nSPS) is 11.4. The molecule has 0 fully saturated rings. The first-order valence-electron chi connectivity index (χ1n) is 13.2. The molecule has 0 saturated heterocycles. The summed E-state index contributed by atoms with van der Waals surface area (Å²) in [5.41, 5.74) is 0.658. The molecule has 0 radical (unpaired) electrons. The Kier molecular flexibility index (Phi) is 9.88. The first-order chi connectivity index (χ1) is 20.5. The van der Waals surface area contributed by atoms with Crippen molar-refractivity contribution in [1.29, 1.82) is 0 Å². The molecule has 4 aromatic rings. The molecular formula is C30H30FN3O7S2. The summed E-state index contributed by atoms with van der Waals surface area (Å²) in [4.78, 5) is 12.9. The van der Waals surface area contributed by atoms with E-state index in [9.17, 15) is 26.0 Å². The summed E-state index contributed by atoms with van der Waals surface area (Å²) in [6, 6.07) is 22.2. The molecule has 0 atom stereocenters. The van der Waals surface area contributed by atoms with Crippen LogP contribution in [0, 0.1) is 5.82 Å². The molecule has 10 nitrogen and oxygen atoms in total. The lowest BCUT2D eigenvalue weighted by molar-refractivity contribution is -0.114. The molecule has 13 heteroatoms. The van der Waals surface area contributed by atoms with Crippen LogP contribution >= 0.6 is 0 Å². The first kappa shape index (κ1) is 31.3. The maximum atomic E-state index is 13.6. The number of rotatable bonds is 13. The van der Waals surface area contributed by atoms with Crippen LogP contribution in [-0.4, -0.2) is 42.5 Å². The van der Waals surface area contributed by atoms with Crippen molar-refractivity contribution in [2.45, 2.75) is 23.6 Å². The van der Waals surface area contributed by atoms with E-state index in [2.05, 4.69) is 10.0 Å². The summed E-state index contributed by atoms with van der Waals surface area (Å²) in [6.45, 7) is 3.89. The van der Waals surface area contributed by atoms with Crippen molar-refractivity contribution in [3.63, 3.8) is 0 Å². The molecule has 226 valence electrons. The Bertz CT molecular complexity index is 1750. The van der Waals surface area contributed by atoms with Crippen molar-refractivity contribution >= 4 is 43.0 Å². The molecule has 0 unspecified atom stereocenters. The van der Waals surface area contributed by atoms with Gasteiger partial charge < -0.3 is 14.8 Å². The van der Waals surface area contributed by atoms with Gasteiger partial charge in [0.15, 0.2) is 0 Å². The van der Waals surface area contributed by atoms with E-state index in [1.807, 2.05) is 6.92 Å². The van der Waals surface area contributed by atoms with Crippen LogP contribution in [0.2, 0.25) is 0 Å². The fraction of sp³-hybridized carbons (Fsp3) is 0.167. The van der Waals surface area contributed by atoms with Crippen molar-refractivity contribution in [3.05, 3.63) is 103 Å². The molecule has 0 aliphatic carbocycles. The van der Waals surface area contributed by atoms with Gasteiger partial charge >= 0.3 is 0 Å². The van der Waals surface area contributed by atoms with E-state index in [4.69, 9.17) is 9.47 Å². The van der Waals surface area contributed by atoms with Gasteiger partial charge in [0, 0.05) is 11.4 Å². The Morgan fingerprint density at radius 3 is 1.72 bits per heavy atom. The first-order valence-corrected chi connectivity index (χ1v) is 16.1. The number of nitrogens with zero attached hydrogens (tertiary/aromatic N) is 1. The number of carbonyl (C=O) groups is 1. The Morgan fingerprint density at radius 2 is 1.19 bits per heavy atom. The number of nitrogens with one attached hydrogen (secondary N) is 2. The molecular weight excluding hydrogens is 597 g/mol. The molecule has 0 aliphatic heterocycles. The Labute approximate surface area is 250 Å². The molecule has 0 heterocycles. The van der Waals surface area contributed by atoms with E-state index in [0.29, 0.717) is 30.4 Å². The molecule has 4 rings (SSSR count). The van der Waals surface area contributed by atoms with Crippen LogP contribution in [0.15, 0.2) is 107 Å². The minimum absolute atomic E-state index is 0.0506. The number of sulfonamides is 2. The number of hydrogen-bond acceptors (Lipinski definition) is 7. The van der Waals surface area contributed by atoms with Gasteiger partial charge in [-0.15, -0.1) is 0 Å². The summed E-state index contributed by atoms with van der Waals surface area (Å²) in [5, 5.41) is 2.58. The van der Waals surface area contributed by atoms with Gasteiger partial charge in [0.05, 0.1) is 28.7 Å². The zero-order valence-electron chi connectivity index (χ0n) is 23.4. The summed E-state index contributed by atoms with van der Waals surface area (Å²) >= 11 is 0. The number of amides is 1. The zero-order valence-corrected chi connectivity index (χ0v) is 25.0. The number of halogens is 1. The fourth-order valence-electron chi connectivity index (χ4n) is 3.97. The van der Waals surface area contributed by atoms with Crippen molar-refractivity contribution in [1.82, 2.24) is 0 Å². The van der Waals surface area contributed by atoms with Gasteiger partial charge in [0.25, 0.3) is 20.0 Å². The quantitative estimate of drug-likeness (QED) is 0.207. The highest BCUT2D eigenvalue weighted by Crippen LogP contribution is 2.26. The molecule has 0 saturated carbocycles. The lowest BCUT2D eigenvalue weighted by Crippen LogP contribution is -2.38. The average Bonchev–Trinajstić information content (AvgIpc) is 2.98. The summed E-state index contributed by atoms with van der Waals surface area (Å²) in [5.74, 6) is -0.191. The summed E-state index contributed by atoms with van der Waals surface area (Å²) in [6.07, 6.45) is 0. The highest BCUT2D eigenvalue weighted by molar-refractivity contribution is 7.93. The highest BCUT2D eigenvalue weighted by atomic mass is 32.2.